The highest BCUT2D eigenvalue weighted by Crippen LogP contribution is 2.33. The molecule has 0 fully saturated rings. The van der Waals surface area contributed by atoms with E-state index in [0.29, 0.717) is 22.6 Å². The maximum absolute atomic E-state index is 13.2. The molecule has 0 radical (unpaired) electrons. The van der Waals surface area contributed by atoms with Gasteiger partial charge in [0, 0.05) is 16.6 Å². The fourth-order valence-electron chi connectivity index (χ4n) is 2.92. The Balaban J connectivity index is 1.88. The molecule has 136 valence electrons. The Morgan fingerprint density at radius 1 is 1.04 bits per heavy atom. The van der Waals surface area contributed by atoms with Crippen LogP contribution in [0.2, 0.25) is 0 Å². The van der Waals surface area contributed by atoms with Crippen LogP contribution in [0.25, 0.3) is 33.5 Å². The van der Waals surface area contributed by atoms with E-state index in [0.717, 1.165) is 22.9 Å². The van der Waals surface area contributed by atoms with Gasteiger partial charge < -0.3 is 4.98 Å². The van der Waals surface area contributed by atoms with Crippen molar-refractivity contribution in [3.05, 3.63) is 66.7 Å². The number of para-hydroxylation sites is 1. The first-order valence-electron chi connectivity index (χ1n) is 8.07. The number of hydrogen-bond acceptors (Lipinski definition) is 4. The minimum absolute atomic E-state index is 0.309. The third-order valence-corrected chi connectivity index (χ3v) is 4.65. The number of benzene rings is 2. The van der Waals surface area contributed by atoms with E-state index in [9.17, 15) is 12.8 Å². The molecule has 0 spiro atoms. The molecular weight excluding hydrogens is 367 g/mol. The number of H-pyrrole nitrogens is 1. The van der Waals surface area contributed by atoms with Crippen molar-refractivity contribution in [1.82, 2.24) is 15.0 Å². The molecule has 0 aliphatic heterocycles. The summed E-state index contributed by atoms with van der Waals surface area (Å²) in [6.45, 7) is 0. The number of sulfonamides is 1. The Bertz CT molecular complexity index is 1230. The van der Waals surface area contributed by atoms with Crippen LogP contribution >= 0.6 is 0 Å². The molecule has 6 nitrogen and oxygen atoms in total. The normalized spacial score (nSPS) is 11.6. The number of fused-ring (bicyclic) bond motifs is 1. The lowest BCUT2D eigenvalue weighted by atomic mass is 10.1. The number of aromatic nitrogens is 3. The van der Waals surface area contributed by atoms with Gasteiger partial charge in [-0.25, -0.2) is 22.8 Å². The second-order valence-corrected chi connectivity index (χ2v) is 7.84. The van der Waals surface area contributed by atoms with Crippen LogP contribution in [0.1, 0.15) is 0 Å². The quantitative estimate of drug-likeness (QED) is 0.562. The number of aromatic amines is 1. The zero-order chi connectivity index (χ0) is 19.0. The number of hydrogen-bond donors (Lipinski definition) is 2. The van der Waals surface area contributed by atoms with E-state index in [-0.39, 0.29) is 5.82 Å². The molecular formula is C19H15FN4O2S. The highest BCUT2D eigenvalue weighted by molar-refractivity contribution is 7.92. The molecule has 0 bridgehead atoms. The number of anilines is 1. The molecule has 0 saturated carbocycles. The van der Waals surface area contributed by atoms with Crippen LogP contribution in [-0.4, -0.2) is 29.6 Å². The molecule has 0 aliphatic rings. The van der Waals surface area contributed by atoms with Crippen LogP contribution < -0.4 is 4.72 Å². The molecule has 8 heteroatoms. The van der Waals surface area contributed by atoms with Crippen molar-refractivity contribution in [3.8, 4) is 22.5 Å². The molecule has 27 heavy (non-hydrogen) atoms. The van der Waals surface area contributed by atoms with Crippen LogP contribution in [0.4, 0.5) is 10.1 Å². The molecule has 0 amide bonds. The molecule has 0 atom stereocenters. The minimum Gasteiger partial charge on any atom is -0.339 e. The summed E-state index contributed by atoms with van der Waals surface area (Å²) < 4.78 is 39.1. The molecule has 2 aromatic carbocycles. The molecule has 2 heterocycles. The van der Waals surface area contributed by atoms with Crippen molar-refractivity contribution in [2.45, 2.75) is 0 Å². The zero-order valence-electron chi connectivity index (χ0n) is 14.3. The lowest BCUT2D eigenvalue weighted by molar-refractivity contribution is 0.607. The molecule has 0 saturated heterocycles. The van der Waals surface area contributed by atoms with Crippen molar-refractivity contribution in [1.29, 1.82) is 0 Å². The summed E-state index contributed by atoms with van der Waals surface area (Å²) in [4.78, 5) is 11.8. The summed E-state index contributed by atoms with van der Waals surface area (Å²) in [7, 11) is -3.44. The third-order valence-electron chi connectivity index (χ3n) is 4.06. The van der Waals surface area contributed by atoms with Gasteiger partial charge in [-0.1, -0.05) is 18.2 Å². The molecule has 2 aromatic heterocycles. The SMILES string of the molecule is CS(=O)(=O)Nc1ccccc1-c1ncnc2[nH]c(-c3ccc(F)cc3)cc12. The van der Waals surface area contributed by atoms with Crippen molar-refractivity contribution >= 4 is 26.7 Å². The van der Waals surface area contributed by atoms with Crippen molar-refractivity contribution in [3.63, 3.8) is 0 Å². The molecule has 4 rings (SSSR count). The number of nitrogens with one attached hydrogen (secondary N) is 2. The van der Waals surface area contributed by atoms with E-state index in [1.165, 1.54) is 18.5 Å². The van der Waals surface area contributed by atoms with E-state index in [1.807, 2.05) is 12.1 Å². The van der Waals surface area contributed by atoms with E-state index >= 15 is 0 Å². The smallest absolute Gasteiger partial charge is 0.229 e. The Morgan fingerprint density at radius 3 is 2.52 bits per heavy atom. The number of halogens is 1. The van der Waals surface area contributed by atoms with E-state index in [4.69, 9.17) is 0 Å². The summed E-state index contributed by atoms with van der Waals surface area (Å²) in [5.74, 6) is -0.309. The van der Waals surface area contributed by atoms with Crippen molar-refractivity contribution in [2.75, 3.05) is 11.0 Å². The maximum Gasteiger partial charge on any atom is 0.229 e. The molecule has 4 aromatic rings. The van der Waals surface area contributed by atoms with Crippen LogP contribution in [0.5, 0.6) is 0 Å². The maximum atomic E-state index is 13.2. The zero-order valence-corrected chi connectivity index (χ0v) is 15.1. The second kappa shape index (κ2) is 6.48. The van der Waals surface area contributed by atoms with Gasteiger partial charge in [0.25, 0.3) is 0 Å². The average Bonchev–Trinajstić information content (AvgIpc) is 3.06. The van der Waals surface area contributed by atoms with Gasteiger partial charge in [0.1, 0.15) is 17.8 Å². The average molecular weight is 382 g/mol. The van der Waals surface area contributed by atoms with Crippen LogP contribution in [0.3, 0.4) is 0 Å². The minimum atomic E-state index is -3.44. The van der Waals surface area contributed by atoms with Gasteiger partial charge in [-0.15, -0.1) is 0 Å². The van der Waals surface area contributed by atoms with E-state index in [1.54, 1.807) is 30.3 Å². The largest absolute Gasteiger partial charge is 0.339 e. The van der Waals surface area contributed by atoms with E-state index < -0.39 is 10.0 Å². The first-order valence-corrected chi connectivity index (χ1v) is 9.97. The Labute approximate surface area is 155 Å². The van der Waals surface area contributed by atoms with Crippen molar-refractivity contribution in [2.24, 2.45) is 0 Å². The standard InChI is InChI=1S/C19H15FN4O2S/c1-27(25,26)24-16-5-3-2-4-14(16)18-15-10-17(23-19(15)22-11-21-18)12-6-8-13(20)9-7-12/h2-11,24H,1H3,(H,21,22,23). The highest BCUT2D eigenvalue weighted by Gasteiger charge is 2.15. The summed E-state index contributed by atoms with van der Waals surface area (Å²) in [6, 6.07) is 15.0. The monoisotopic (exact) mass is 382 g/mol. The first-order chi connectivity index (χ1) is 12.9. The van der Waals surface area contributed by atoms with E-state index in [2.05, 4.69) is 19.7 Å². The van der Waals surface area contributed by atoms with Gasteiger partial charge in [-0.2, -0.15) is 0 Å². The topological polar surface area (TPSA) is 87.7 Å². The van der Waals surface area contributed by atoms with Crippen LogP contribution in [0.15, 0.2) is 60.9 Å². The third kappa shape index (κ3) is 3.52. The molecule has 0 aliphatic carbocycles. The Morgan fingerprint density at radius 2 is 1.78 bits per heavy atom. The molecule has 2 N–H and O–H groups in total. The van der Waals surface area contributed by atoms with Crippen LogP contribution in [0, 0.1) is 5.82 Å². The number of rotatable bonds is 4. The fraction of sp³-hybridized carbons (Fsp3) is 0.0526. The summed E-state index contributed by atoms with van der Waals surface area (Å²) in [6.07, 6.45) is 2.52. The first kappa shape index (κ1) is 17.2. The number of nitrogens with zero attached hydrogens (tertiary/aromatic N) is 2. The summed E-state index contributed by atoms with van der Waals surface area (Å²) >= 11 is 0. The second-order valence-electron chi connectivity index (χ2n) is 6.09. The van der Waals surface area contributed by atoms with Gasteiger partial charge in [-0.3, -0.25) is 4.72 Å². The molecule has 0 unspecified atom stereocenters. The van der Waals surface area contributed by atoms with Gasteiger partial charge in [0.2, 0.25) is 10.0 Å². The van der Waals surface area contributed by atoms with Gasteiger partial charge in [0.05, 0.1) is 17.6 Å². The summed E-state index contributed by atoms with van der Waals surface area (Å²) in [5.41, 5.74) is 3.84. The van der Waals surface area contributed by atoms with Crippen LogP contribution in [-0.2, 0) is 10.0 Å². The van der Waals surface area contributed by atoms with Gasteiger partial charge in [-0.05, 0) is 42.0 Å². The Kier molecular flexibility index (Phi) is 4.12. The van der Waals surface area contributed by atoms with Gasteiger partial charge >= 0.3 is 0 Å². The predicted octanol–water partition coefficient (Wildman–Crippen LogP) is 3.80. The lowest BCUT2D eigenvalue weighted by Crippen LogP contribution is -2.10. The fourth-order valence-corrected chi connectivity index (χ4v) is 3.50. The highest BCUT2D eigenvalue weighted by atomic mass is 32.2. The van der Waals surface area contributed by atoms with Crippen molar-refractivity contribution < 1.29 is 12.8 Å². The summed E-state index contributed by atoms with van der Waals surface area (Å²) in [5, 5.41) is 0.736. The predicted molar refractivity (Wildman–Crippen MR) is 103 cm³/mol. The Hall–Kier alpha value is -3.26. The van der Waals surface area contributed by atoms with Gasteiger partial charge in [0.15, 0.2) is 0 Å². The lowest BCUT2D eigenvalue weighted by Gasteiger charge is -2.10.